The highest BCUT2D eigenvalue weighted by molar-refractivity contribution is 7.99. The molecule has 4 rings (SSSR count). The average Bonchev–Trinajstić information content (AvgIpc) is 3.60. The van der Waals surface area contributed by atoms with Crippen LogP contribution in [0.4, 0.5) is 0 Å². The third-order valence-corrected chi connectivity index (χ3v) is 6.38. The Hall–Kier alpha value is -2.61. The van der Waals surface area contributed by atoms with Crippen molar-refractivity contribution in [2.45, 2.75) is 56.3 Å². The standard InChI is InChI=1S/C22H25N3O4S/c1-29-20(27)13-24-21(28)17-9-5-6-10-18(17)23-22(24)30-14-19(26)25(16-11-12-16)15-7-3-2-4-8-15/h5-7,9-10,16H,2-4,8,11-14H2,1H3. The highest BCUT2D eigenvalue weighted by Gasteiger charge is 2.35. The molecule has 2 aromatic rings. The molecule has 1 fully saturated rings. The monoisotopic (exact) mass is 427 g/mol. The van der Waals surface area contributed by atoms with Crippen molar-refractivity contribution < 1.29 is 14.3 Å². The third-order valence-electron chi connectivity index (χ3n) is 5.42. The molecule has 7 nitrogen and oxygen atoms in total. The van der Waals surface area contributed by atoms with E-state index in [1.54, 1.807) is 18.2 Å². The van der Waals surface area contributed by atoms with E-state index < -0.39 is 5.97 Å². The summed E-state index contributed by atoms with van der Waals surface area (Å²) in [6.45, 7) is -0.235. The fourth-order valence-electron chi connectivity index (χ4n) is 3.76. The lowest BCUT2D eigenvalue weighted by Gasteiger charge is -2.27. The summed E-state index contributed by atoms with van der Waals surface area (Å²) in [4.78, 5) is 44.4. The number of carbonyl (C=O) groups is 2. The number of thioether (sulfide) groups is 1. The van der Waals surface area contributed by atoms with Crippen molar-refractivity contribution in [3.05, 3.63) is 46.4 Å². The van der Waals surface area contributed by atoms with Gasteiger partial charge in [0.05, 0.1) is 23.8 Å². The van der Waals surface area contributed by atoms with E-state index in [9.17, 15) is 14.4 Å². The largest absolute Gasteiger partial charge is 0.468 e. The molecule has 30 heavy (non-hydrogen) atoms. The van der Waals surface area contributed by atoms with Crippen LogP contribution in [0.1, 0.15) is 38.5 Å². The van der Waals surface area contributed by atoms with Crippen LogP contribution in [0.25, 0.3) is 10.9 Å². The molecule has 0 radical (unpaired) electrons. The van der Waals surface area contributed by atoms with Crippen LogP contribution < -0.4 is 5.56 Å². The zero-order chi connectivity index (χ0) is 21.1. The van der Waals surface area contributed by atoms with Crippen molar-refractivity contribution in [3.8, 4) is 0 Å². The smallest absolute Gasteiger partial charge is 0.325 e. The number of aromatic nitrogens is 2. The number of amides is 1. The van der Waals surface area contributed by atoms with Crippen molar-refractivity contribution in [1.29, 1.82) is 0 Å². The summed E-state index contributed by atoms with van der Waals surface area (Å²) in [7, 11) is 1.28. The maximum atomic E-state index is 13.1. The molecule has 1 aromatic carbocycles. The third kappa shape index (κ3) is 4.43. The highest BCUT2D eigenvalue weighted by Crippen LogP contribution is 2.34. The first kappa shape index (κ1) is 20.7. The Morgan fingerprint density at radius 3 is 2.77 bits per heavy atom. The normalized spacial score (nSPS) is 16.2. The molecule has 1 heterocycles. The number of rotatable bonds is 7. The minimum Gasteiger partial charge on any atom is -0.468 e. The van der Waals surface area contributed by atoms with E-state index in [1.165, 1.54) is 29.9 Å². The Balaban J connectivity index is 1.60. The summed E-state index contributed by atoms with van der Waals surface area (Å²) >= 11 is 1.20. The lowest BCUT2D eigenvalue weighted by atomic mass is 10.0. The molecule has 2 aliphatic carbocycles. The fraction of sp³-hybridized carbons (Fsp3) is 0.455. The van der Waals surface area contributed by atoms with Crippen molar-refractivity contribution in [3.63, 3.8) is 0 Å². The molecule has 1 saturated carbocycles. The van der Waals surface area contributed by atoms with Gasteiger partial charge in [0.25, 0.3) is 5.56 Å². The van der Waals surface area contributed by atoms with E-state index in [0.29, 0.717) is 22.1 Å². The van der Waals surface area contributed by atoms with E-state index in [1.807, 2.05) is 11.0 Å². The predicted molar refractivity (Wildman–Crippen MR) is 115 cm³/mol. The first-order valence-corrected chi connectivity index (χ1v) is 11.3. The van der Waals surface area contributed by atoms with Crippen molar-refractivity contribution >= 4 is 34.5 Å². The number of ether oxygens (including phenoxy) is 1. The second-order valence-corrected chi connectivity index (χ2v) is 8.55. The lowest BCUT2D eigenvalue weighted by molar-refractivity contribution is -0.141. The van der Waals surface area contributed by atoms with Gasteiger partial charge in [-0.05, 0) is 50.7 Å². The number of hydrogen-bond donors (Lipinski definition) is 0. The van der Waals surface area contributed by atoms with Gasteiger partial charge in [-0.1, -0.05) is 30.0 Å². The topological polar surface area (TPSA) is 81.5 Å². The van der Waals surface area contributed by atoms with Gasteiger partial charge in [0.1, 0.15) is 6.54 Å². The van der Waals surface area contributed by atoms with E-state index in [2.05, 4.69) is 11.1 Å². The molecule has 0 saturated heterocycles. The van der Waals surface area contributed by atoms with Gasteiger partial charge >= 0.3 is 5.97 Å². The van der Waals surface area contributed by atoms with Gasteiger partial charge in [0, 0.05) is 11.7 Å². The number of esters is 1. The zero-order valence-corrected chi connectivity index (χ0v) is 17.8. The number of allylic oxidation sites excluding steroid dienone is 2. The molecule has 2 aliphatic rings. The van der Waals surface area contributed by atoms with Gasteiger partial charge in [0.2, 0.25) is 5.91 Å². The first-order valence-electron chi connectivity index (χ1n) is 10.3. The molecule has 0 bridgehead atoms. The second-order valence-electron chi connectivity index (χ2n) is 7.60. The van der Waals surface area contributed by atoms with E-state index in [-0.39, 0.29) is 23.8 Å². The molecule has 158 valence electrons. The number of methoxy groups -OCH3 is 1. The van der Waals surface area contributed by atoms with Crippen molar-refractivity contribution in [2.24, 2.45) is 0 Å². The SMILES string of the molecule is COC(=O)Cn1c(SCC(=O)N(C2=CCCCC2)C2CC2)nc2ccccc2c1=O. The molecule has 1 aromatic heterocycles. The van der Waals surface area contributed by atoms with Crippen LogP contribution in [0.2, 0.25) is 0 Å². The number of hydrogen-bond acceptors (Lipinski definition) is 6. The molecule has 0 aliphatic heterocycles. The fourth-order valence-corrected chi connectivity index (χ4v) is 4.62. The van der Waals surface area contributed by atoms with Crippen LogP contribution >= 0.6 is 11.8 Å². The number of nitrogens with zero attached hydrogens (tertiary/aromatic N) is 3. The summed E-state index contributed by atoms with van der Waals surface area (Å²) < 4.78 is 6.04. The Labute approximate surface area is 179 Å². The molecule has 0 unspecified atom stereocenters. The molecular formula is C22H25N3O4S. The summed E-state index contributed by atoms with van der Waals surface area (Å²) in [6.07, 6.45) is 8.50. The molecule has 0 atom stereocenters. The Morgan fingerprint density at radius 1 is 1.27 bits per heavy atom. The number of para-hydroxylation sites is 1. The van der Waals surface area contributed by atoms with Gasteiger partial charge in [-0.2, -0.15) is 0 Å². The van der Waals surface area contributed by atoms with Crippen LogP contribution in [0, 0.1) is 0 Å². The minimum absolute atomic E-state index is 0.0303. The highest BCUT2D eigenvalue weighted by atomic mass is 32.2. The van der Waals surface area contributed by atoms with E-state index in [4.69, 9.17) is 4.74 Å². The summed E-state index contributed by atoms with van der Waals surface area (Å²) in [5.74, 6) is -0.336. The summed E-state index contributed by atoms with van der Waals surface area (Å²) in [5, 5.41) is 0.787. The number of carbonyl (C=O) groups excluding carboxylic acids is 2. The lowest BCUT2D eigenvalue weighted by Crippen LogP contribution is -2.35. The molecule has 0 N–H and O–H groups in total. The van der Waals surface area contributed by atoms with E-state index >= 15 is 0 Å². The Kier molecular flexibility index (Phi) is 6.22. The predicted octanol–water partition coefficient (Wildman–Crippen LogP) is 3.11. The molecular weight excluding hydrogens is 402 g/mol. The van der Waals surface area contributed by atoms with Gasteiger partial charge in [-0.15, -0.1) is 0 Å². The van der Waals surface area contributed by atoms with Crippen LogP contribution in [0.5, 0.6) is 0 Å². The van der Waals surface area contributed by atoms with Gasteiger partial charge < -0.3 is 9.64 Å². The second kappa shape index (κ2) is 9.04. The number of benzene rings is 1. The maximum Gasteiger partial charge on any atom is 0.325 e. The molecule has 1 amide bonds. The van der Waals surface area contributed by atoms with Crippen molar-refractivity contribution in [1.82, 2.24) is 14.5 Å². The minimum atomic E-state index is -0.533. The summed E-state index contributed by atoms with van der Waals surface area (Å²) in [5.41, 5.74) is 1.37. The van der Waals surface area contributed by atoms with Crippen LogP contribution in [-0.2, 0) is 20.9 Å². The Bertz CT molecular complexity index is 1060. The summed E-state index contributed by atoms with van der Waals surface area (Å²) in [6, 6.07) is 7.31. The van der Waals surface area contributed by atoms with Gasteiger partial charge in [-0.25, -0.2) is 4.98 Å². The zero-order valence-electron chi connectivity index (χ0n) is 17.0. The Morgan fingerprint density at radius 2 is 2.07 bits per heavy atom. The van der Waals surface area contributed by atoms with Crippen LogP contribution in [-0.4, -0.2) is 45.2 Å². The van der Waals surface area contributed by atoms with Gasteiger partial charge in [-0.3, -0.25) is 19.0 Å². The number of fused-ring (bicyclic) bond motifs is 1. The van der Waals surface area contributed by atoms with Crippen LogP contribution in [0.15, 0.2) is 46.0 Å². The first-order chi connectivity index (χ1) is 14.6. The molecule has 8 heteroatoms. The quantitative estimate of drug-likeness (QED) is 0.384. The van der Waals surface area contributed by atoms with E-state index in [0.717, 1.165) is 37.8 Å². The average molecular weight is 428 g/mol. The van der Waals surface area contributed by atoms with Gasteiger partial charge in [0.15, 0.2) is 5.16 Å². The maximum absolute atomic E-state index is 13.1. The van der Waals surface area contributed by atoms with Crippen LogP contribution in [0.3, 0.4) is 0 Å². The van der Waals surface area contributed by atoms with Crippen molar-refractivity contribution in [2.75, 3.05) is 12.9 Å². The molecule has 0 spiro atoms.